The fraction of sp³-hybridized carbons (Fsp3) is 0.417. The highest BCUT2D eigenvalue weighted by Gasteiger charge is 2.22. The maximum atomic E-state index is 11.3. The first-order chi connectivity index (χ1) is 7.27. The van der Waals surface area contributed by atoms with E-state index in [4.69, 9.17) is 0 Å². The van der Waals surface area contributed by atoms with Gasteiger partial charge in [-0.05, 0) is 5.56 Å². The van der Waals surface area contributed by atoms with Crippen LogP contribution in [0.25, 0.3) is 0 Å². The van der Waals surface area contributed by atoms with Gasteiger partial charge < -0.3 is 4.90 Å². The Bertz CT molecular complexity index is 337. The lowest BCUT2D eigenvalue weighted by Crippen LogP contribution is -2.44. The molecule has 1 saturated heterocycles. The van der Waals surface area contributed by atoms with Crippen molar-refractivity contribution in [1.29, 1.82) is 0 Å². The van der Waals surface area contributed by atoms with E-state index in [2.05, 4.69) is 17.4 Å². The van der Waals surface area contributed by atoms with Crippen LogP contribution in [0.4, 0.5) is 0 Å². The van der Waals surface area contributed by atoms with Crippen LogP contribution in [-0.4, -0.2) is 30.4 Å². The summed E-state index contributed by atoms with van der Waals surface area (Å²) in [5.74, 6) is 0.144. The molecule has 1 aliphatic rings. The van der Waals surface area contributed by atoms with Gasteiger partial charge >= 0.3 is 0 Å². The molecule has 0 aromatic heterocycles. The number of carbonyl (C=O) groups excluding carboxylic acids is 1. The molecular formula is C12H15N2O. The highest BCUT2D eigenvalue weighted by atomic mass is 16.2. The Kier molecular flexibility index (Phi) is 3.02. The Balaban J connectivity index is 2.08. The average molecular weight is 203 g/mol. The van der Waals surface area contributed by atoms with E-state index in [9.17, 15) is 4.79 Å². The zero-order valence-electron chi connectivity index (χ0n) is 8.89. The van der Waals surface area contributed by atoms with Crippen molar-refractivity contribution in [1.82, 2.24) is 10.2 Å². The second-order valence-corrected chi connectivity index (χ2v) is 3.80. The first-order valence-electron chi connectivity index (χ1n) is 5.24. The molecule has 0 bridgehead atoms. The molecule has 3 nitrogen and oxygen atoms in total. The minimum absolute atomic E-state index is 0.144. The van der Waals surface area contributed by atoms with Gasteiger partial charge in [0.1, 0.15) is 0 Å². The molecule has 1 aliphatic heterocycles. The fourth-order valence-corrected chi connectivity index (χ4v) is 1.86. The van der Waals surface area contributed by atoms with Crippen LogP contribution in [0.5, 0.6) is 0 Å². The van der Waals surface area contributed by atoms with Crippen molar-refractivity contribution in [3.05, 3.63) is 35.9 Å². The molecule has 0 aliphatic carbocycles. The third kappa shape index (κ3) is 2.36. The number of benzene rings is 1. The molecule has 0 N–H and O–H groups in total. The normalized spacial score (nSPS) is 21.4. The predicted octanol–water partition coefficient (Wildman–Crippen LogP) is 1.19. The monoisotopic (exact) mass is 203 g/mol. The average Bonchev–Trinajstić information content (AvgIpc) is 2.30. The van der Waals surface area contributed by atoms with E-state index in [0.717, 1.165) is 19.6 Å². The molecule has 1 heterocycles. The van der Waals surface area contributed by atoms with Crippen molar-refractivity contribution in [3.63, 3.8) is 0 Å². The van der Waals surface area contributed by atoms with Crippen LogP contribution in [0, 0.1) is 0 Å². The number of rotatable bonds is 1. The topological polar surface area (TPSA) is 34.4 Å². The summed E-state index contributed by atoms with van der Waals surface area (Å²) < 4.78 is 0. The lowest BCUT2D eigenvalue weighted by atomic mass is 10.0. The number of hydrogen-bond donors (Lipinski definition) is 0. The van der Waals surface area contributed by atoms with E-state index < -0.39 is 0 Å². The van der Waals surface area contributed by atoms with Gasteiger partial charge in [-0.15, -0.1) is 0 Å². The summed E-state index contributed by atoms with van der Waals surface area (Å²) in [4.78, 5) is 13.1. The highest BCUT2D eigenvalue weighted by molar-refractivity contribution is 5.73. The van der Waals surface area contributed by atoms with Gasteiger partial charge in [0.25, 0.3) is 0 Å². The van der Waals surface area contributed by atoms with Crippen molar-refractivity contribution < 1.29 is 4.79 Å². The zero-order valence-corrected chi connectivity index (χ0v) is 8.89. The molecule has 15 heavy (non-hydrogen) atoms. The van der Waals surface area contributed by atoms with E-state index in [1.54, 1.807) is 6.92 Å². The Morgan fingerprint density at radius 1 is 1.40 bits per heavy atom. The smallest absolute Gasteiger partial charge is 0.219 e. The van der Waals surface area contributed by atoms with Crippen LogP contribution in [0.2, 0.25) is 0 Å². The first-order valence-corrected chi connectivity index (χ1v) is 5.24. The molecule has 1 unspecified atom stereocenters. The number of piperazine rings is 1. The Morgan fingerprint density at radius 3 is 2.80 bits per heavy atom. The van der Waals surface area contributed by atoms with Crippen molar-refractivity contribution in [2.24, 2.45) is 0 Å². The number of hydrogen-bond acceptors (Lipinski definition) is 1. The minimum atomic E-state index is 0.144. The maximum Gasteiger partial charge on any atom is 0.219 e. The van der Waals surface area contributed by atoms with Crippen molar-refractivity contribution >= 4 is 5.91 Å². The second-order valence-electron chi connectivity index (χ2n) is 3.80. The molecule has 0 saturated carbocycles. The van der Waals surface area contributed by atoms with E-state index in [-0.39, 0.29) is 11.9 Å². The van der Waals surface area contributed by atoms with Gasteiger partial charge in [-0.25, -0.2) is 5.32 Å². The molecule has 1 aromatic rings. The molecule has 0 spiro atoms. The Labute approximate surface area is 90.1 Å². The molecule has 2 rings (SSSR count). The summed E-state index contributed by atoms with van der Waals surface area (Å²) in [6.45, 7) is 3.85. The molecule has 79 valence electrons. The largest absolute Gasteiger partial charge is 0.340 e. The zero-order chi connectivity index (χ0) is 10.7. The maximum absolute atomic E-state index is 11.3. The predicted molar refractivity (Wildman–Crippen MR) is 58.4 cm³/mol. The molecule has 1 atom stereocenters. The minimum Gasteiger partial charge on any atom is -0.340 e. The SMILES string of the molecule is CC(=O)N1CC[N]C(c2ccccc2)C1. The Morgan fingerprint density at radius 2 is 2.13 bits per heavy atom. The van der Waals surface area contributed by atoms with Gasteiger partial charge in [-0.2, -0.15) is 0 Å². The van der Waals surface area contributed by atoms with Gasteiger partial charge in [0, 0.05) is 26.6 Å². The van der Waals surface area contributed by atoms with Gasteiger partial charge in [0.15, 0.2) is 0 Å². The standard InChI is InChI=1S/C12H15N2O/c1-10(15)14-8-7-13-12(9-14)11-5-3-2-4-6-11/h2-6,12H,7-9H2,1H3. The highest BCUT2D eigenvalue weighted by Crippen LogP contribution is 2.18. The van der Waals surface area contributed by atoms with Crippen LogP contribution in [0.15, 0.2) is 30.3 Å². The summed E-state index contributed by atoms with van der Waals surface area (Å²) in [6.07, 6.45) is 0. The third-order valence-corrected chi connectivity index (χ3v) is 2.74. The summed E-state index contributed by atoms with van der Waals surface area (Å²) >= 11 is 0. The summed E-state index contributed by atoms with van der Waals surface area (Å²) in [6, 6.07) is 10.3. The molecule has 1 aromatic carbocycles. The lowest BCUT2D eigenvalue weighted by Gasteiger charge is -2.32. The number of carbonyl (C=O) groups is 1. The summed E-state index contributed by atoms with van der Waals surface area (Å²) in [5.41, 5.74) is 1.20. The van der Waals surface area contributed by atoms with Crippen LogP contribution in [-0.2, 0) is 4.79 Å². The molecule has 3 heteroatoms. The van der Waals surface area contributed by atoms with Gasteiger partial charge in [0.2, 0.25) is 5.91 Å². The molecule has 1 amide bonds. The van der Waals surface area contributed by atoms with Crippen molar-refractivity contribution in [2.75, 3.05) is 19.6 Å². The van der Waals surface area contributed by atoms with E-state index in [1.165, 1.54) is 5.56 Å². The van der Waals surface area contributed by atoms with Gasteiger partial charge in [-0.3, -0.25) is 4.79 Å². The van der Waals surface area contributed by atoms with Crippen molar-refractivity contribution in [3.8, 4) is 0 Å². The quantitative estimate of drug-likeness (QED) is 0.675. The Hall–Kier alpha value is -1.35. The summed E-state index contributed by atoms with van der Waals surface area (Å²) in [7, 11) is 0. The van der Waals surface area contributed by atoms with Gasteiger partial charge in [-0.1, -0.05) is 30.3 Å². The summed E-state index contributed by atoms with van der Waals surface area (Å²) in [5, 5.41) is 4.54. The number of amides is 1. The fourth-order valence-electron chi connectivity index (χ4n) is 1.86. The third-order valence-electron chi connectivity index (χ3n) is 2.74. The van der Waals surface area contributed by atoms with Gasteiger partial charge in [0.05, 0.1) is 6.04 Å². The molecule has 1 radical (unpaired) electrons. The number of nitrogens with zero attached hydrogens (tertiary/aromatic N) is 2. The van der Waals surface area contributed by atoms with E-state index >= 15 is 0 Å². The van der Waals surface area contributed by atoms with Crippen LogP contribution < -0.4 is 5.32 Å². The van der Waals surface area contributed by atoms with Crippen LogP contribution in [0.1, 0.15) is 18.5 Å². The van der Waals surface area contributed by atoms with E-state index in [0.29, 0.717) is 0 Å². The van der Waals surface area contributed by atoms with Crippen LogP contribution in [0.3, 0.4) is 0 Å². The van der Waals surface area contributed by atoms with Crippen molar-refractivity contribution in [2.45, 2.75) is 13.0 Å². The van der Waals surface area contributed by atoms with E-state index in [1.807, 2.05) is 23.1 Å². The first kappa shape index (κ1) is 10.2. The lowest BCUT2D eigenvalue weighted by molar-refractivity contribution is -0.130. The molecular weight excluding hydrogens is 188 g/mol. The second kappa shape index (κ2) is 4.45. The molecule has 1 fully saturated rings. The van der Waals surface area contributed by atoms with Crippen LogP contribution >= 0.6 is 0 Å².